The van der Waals surface area contributed by atoms with Gasteiger partial charge in [0.25, 0.3) is 0 Å². The SMILES string of the molecule is CCOCCCN(CC(=O)N1CCc2sccc2C1c1ccccc1)C(=O)CCl. The van der Waals surface area contributed by atoms with Gasteiger partial charge in [-0.2, -0.15) is 0 Å². The molecule has 2 amide bonds. The molecule has 1 aliphatic rings. The van der Waals surface area contributed by atoms with Crippen molar-refractivity contribution in [2.24, 2.45) is 0 Å². The summed E-state index contributed by atoms with van der Waals surface area (Å²) in [5.41, 5.74) is 2.28. The number of amides is 2. The summed E-state index contributed by atoms with van der Waals surface area (Å²) in [5.74, 6) is -0.398. The smallest absolute Gasteiger partial charge is 0.242 e. The molecule has 0 saturated carbocycles. The lowest BCUT2D eigenvalue weighted by molar-refractivity contribution is -0.140. The second kappa shape index (κ2) is 10.8. The Hall–Kier alpha value is -1.89. The zero-order valence-electron chi connectivity index (χ0n) is 16.7. The van der Waals surface area contributed by atoms with Crippen LogP contribution < -0.4 is 0 Å². The van der Waals surface area contributed by atoms with Crippen LogP contribution in [0.4, 0.5) is 0 Å². The third-order valence-corrected chi connectivity index (χ3v) is 6.34. The van der Waals surface area contributed by atoms with Crippen LogP contribution in [0.3, 0.4) is 0 Å². The number of alkyl halides is 1. The molecule has 0 N–H and O–H groups in total. The molecule has 1 aromatic heterocycles. The summed E-state index contributed by atoms with van der Waals surface area (Å²) in [6.07, 6.45) is 1.52. The monoisotopic (exact) mass is 434 g/mol. The van der Waals surface area contributed by atoms with Crippen molar-refractivity contribution in [1.29, 1.82) is 0 Å². The van der Waals surface area contributed by atoms with Gasteiger partial charge in [-0.25, -0.2) is 0 Å². The molecule has 3 rings (SSSR count). The van der Waals surface area contributed by atoms with E-state index in [9.17, 15) is 9.59 Å². The Labute approximate surface area is 181 Å². The Morgan fingerprint density at radius 3 is 2.79 bits per heavy atom. The summed E-state index contributed by atoms with van der Waals surface area (Å²) in [6.45, 7) is 4.28. The van der Waals surface area contributed by atoms with Gasteiger partial charge in [-0.3, -0.25) is 9.59 Å². The van der Waals surface area contributed by atoms with Crippen molar-refractivity contribution in [3.63, 3.8) is 0 Å². The van der Waals surface area contributed by atoms with Crippen LogP contribution in [-0.4, -0.2) is 60.3 Å². The van der Waals surface area contributed by atoms with Gasteiger partial charge in [0.05, 0.1) is 12.6 Å². The molecular formula is C22H27ClN2O3S. The van der Waals surface area contributed by atoms with Gasteiger partial charge in [0.15, 0.2) is 0 Å². The van der Waals surface area contributed by atoms with Gasteiger partial charge in [-0.1, -0.05) is 30.3 Å². The fourth-order valence-electron chi connectivity index (χ4n) is 3.71. The molecule has 0 saturated heterocycles. The van der Waals surface area contributed by atoms with Crippen molar-refractivity contribution in [2.45, 2.75) is 25.8 Å². The number of rotatable bonds is 9. The van der Waals surface area contributed by atoms with Crippen LogP contribution in [0.15, 0.2) is 41.8 Å². The highest BCUT2D eigenvalue weighted by atomic mass is 35.5. The highest BCUT2D eigenvalue weighted by Gasteiger charge is 2.33. The summed E-state index contributed by atoms with van der Waals surface area (Å²) < 4.78 is 5.36. The number of hydrogen-bond donors (Lipinski definition) is 0. The van der Waals surface area contributed by atoms with Crippen molar-refractivity contribution in [3.8, 4) is 0 Å². The molecule has 1 aliphatic heterocycles. The van der Waals surface area contributed by atoms with Gasteiger partial charge in [-0.15, -0.1) is 22.9 Å². The van der Waals surface area contributed by atoms with Crippen LogP contribution in [0.1, 0.15) is 35.4 Å². The molecule has 1 aromatic carbocycles. The second-order valence-electron chi connectivity index (χ2n) is 6.95. The predicted octanol–water partition coefficient (Wildman–Crippen LogP) is 3.72. The maximum absolute atomic E-state index is 13.3. The van der Waals surface area contributed by atoms with E-state index >= 15 is 0 Å². The van der Waals surface area contributed by atoms with E-state index in [1.165, 1.54) is 10.4 Å². The number of fused-ring (bicyclic) bond motifs is 1. The van der Waals surface area contributed by atoms with Crippen LogP contribution in [0, 0.1) is 0 Å². The molecule has 2 heterocycles. The third-order valence-electron chi connectivity index (χ3n) is 5.12. The number of benzene rings is 1. The maximum atomic E-state index is 13.3. The quantitative estimate of drug-likeness (QED) is 0.446. The molecular weight excluding hydrogens is 408 g/mol. The van der Waals surface area contributed by atoms with Crippen LogP contribution in [0.5, 0.6) is 0 Å². The zero-order valence-corrected chi connectivity index (χ0v) is 18.3. The first-order valence-corrected chi connectivity index (χ1v) is 11.4. The highest BCUT2D eigenvalue weighted by Crippen LogP contribution is 2.37. The molecule has 0 radical (unpaired) electrons. The van der Waals surface area contributed by atoms with Crippen LogP contribution >= 0.6 is 22.9 Å². The lowest BCUT2D eigenvalue weighted by Gasteiger charge is -2.37. The van der Waals surface area contributed by atoms with Crippen molar-refractivity contribution in [2.75, 3.05) is 38.7 Å². The summed E-state index contributed by atoms with van der Waals surface area (Å²) in [6, 6.07) is 12.1. The fourth-order valence-corrected chi connectivity index (χ4v) is 4.79. The zero-order chi connectivity index (χ0) is 20.6. The lowest BCUT2D eigenvalue weighted by atomic mass is 9.93. The Morgan fingerprint density at radius 1 is 1.28 bits per heavy atom. The normalized spacial score (nSPS) is 15.8. The molecule has 156 valence electrons. The molecule has 0 spiro atoms. The maximum Gasteiger partial charge on any atom is 0.242 e. The molecule has 0 bridgehead atoms. The standard InChI is InChI=1S/C22H27ClN2O3S/c1-2-28-13-6-11-24(20(26)15-23)16-21(27)25-12-9-19-18(10-14-29-19)22(25)17-7-4-3-5-8-17/h3-5,7-8,10,14,22H,2,6,9,11-13,15-16H2,1H3. The number of thiophene rings is 1. The Morgan fingerprint density at radius 2 is 2.07 bits per heavy atom. The van der Waals surface area contributed by atoms with Crippen molar-refractivity contribution >= 4 is 34.8 Å². The largest absolute Gasteiger partial charge is 0.382 e. The average Bonchev–Trinajstić information content (AvgIpc) is 3.24. The topological polar surface area (TPSA) is 49.9 Å². The lowest BCUT2D eigenvalue weighted by Crippen LogP contribution is -2.47. The molecule has 5 nitrogen and oxygen atoms in total. The van der Waals surface area contributed by atoms with Crippen molar-refractivity contribution in [3.05, 3.63) is 57.8 Å². The highest BCUT2D eigenvalue weighted by molar-refractivity contribution is 7.10. The predicted molar refractivity (Wildman–Crippen MR) is 116 cm³/mol. The average molecular weight is 435 g/mol. The van der Waals surface area contributed by atoms with Gasteiger partial charge in [-0.05, 0) is 42.3 Å². The molecule has 1 unspecified atom stereocenters. The number of nitrogens with zero attached hydrogens (tertiary/aromatic N) is 2. The number of carbonyl (C=O) groups excluding carboxylic acids is 2. The van der Waals surface area contributed by atoms with Crippen LogP contribution in [-0.2, 0) is 20.7 Å². The Kier molecular flexibility index (Phi) is 8.09. The van der Waals surface area contributed by atoms with Gasteiger partial charge < -0.3 is 14.5 Å². The second-order valence-corrected chi connectivity index (χ2v) is 8.22. The third kappa shape index (κ3) is 5.38. The van der Waals surface area contributed by atoms with E-state index in [2.05, 4.69) is 23.6 Å². The summed E-state index contributed by atoms with van der Waals surface area (Å²) in [5, 5.41) is 2.09. The molecule has 1 atom stereocenters. The summed E-state index contributed by atoms with van der Waals surface area (Å²) in [4.78, 5) is 30.4. The van der Waals surface area contributed by atoms with Crippen molar-refractivity contribution < 1.29 is 14.3 Å². The molecule has 0 fully saturated rings. The summed E-state index contributed by atoms with van der Waals surface area (Å²) in [7, 11) is 0. The van der Waals surface area contributed by atoms with E-state index in [-0.39, 0.29) is 30.3 Å². The van der Waals surface area contributed by atoms with E-state index in [4.69, 9.17) is 16.3 Å². The van der Waals surface area contributed by atoms with Crippen LogP contribution in [0.2, 0.25) is 0 Å². The van der Waals surface area contributed by atoms with E-state index in [0.29, 0.717) is 32.7 Å². The van der Waals surface area contributed by atoms with Crippen LogP contribution in [0.25, 0.3) is 0 Å². The molecule has 2 aromatic rings. The van der Waals surface area contributed by atoms with Gasteiger partial charge >= 0.3 is 0 Å². The minimum atomic E-state index is -0.221. The first-order valence-electron chi connectivity index (χ1n) is 9.97. The van der Waals surface area contributed by atoms with Gasteiger partial charge in [0.1, 0.15) is 5.88 Å². The minimum absolute atomic E-state index is 0.0421. The number of hydrogen-bond acceptors (Lipinski definition) is 4. The van der Waals surface area contributed by atoms with Gasteiger partial charge in [0, 0.05) is 31.2 Å². The molecule has 0 aliphatic carbocycles. The van der Waals surface area contributed by atoms with E-state index < -0.39 is 0 Å². The Balaban J connectivity index is 1.77. The van der Waals surface area contributed by atoms with E-state index in [1.54, 1.807) is 16.2 Å². The van der Waals surface area contributed by atoms with E-state index in [0.717, 1.165) is 12.0 Å². The number of halogens is 1. The summed E-state index contributed by atoms with van der Waals surface area (Å²) >= 11 is 7.53. The Bertz CT molecular complexity index is 811. The van der Waals surface area contributed by atoms with Gasteiger partial charge in [0.2, 0.25) is 11.8 Å². The number of ether oxygens (including phenoxy) is 1. The van der Waals surface area contributed by atoms with E-state index in [1.807, 2.05) is 30.0 Å². The first-order chi connectivity index (χ1) is 14.2. The molecule has 29 heavy (non-hydrogen) atoms. The minimum Gasteiger partial charge on any atom is -0.382 e. The number of carbonyl (C=O) groups is 2. The molecule has 7 heteroatoms. The fraction of sp³-hybridized carbons (Fsp3) is 0.455. The van der Waals surface area contributed by atoms with Crippen molar-refractivity contribution in [1.82, 2.24) is 9.80 Å². The first kappa shape index (κ1) is 21.8.